The van der Waals surface area contributed by atoms with E-state index in [1.807, 2.05) is 6.07 Å². The normalized spacial score (nSPS) is 15.9. The monoisotopic (exact) mass is 340 g/mol. The summed E-state index contributed by atoms with van der Waals surface area (Å²) >= 11 is 0. The van der Waals surface area contributed by atoms with E-state index in [0.29, 0.717) is 28.9 Å². The number of nitrogens with zero attached hydrogens (tertiary/aromatic N) is 3. The fourth-order valence-electron chi connectivity index (χ4n) is 3.12. The SMILES string of the molecule is Cc1cc(-c2ccc(CN3CCN(C)CC3)c(F)c2)c(C#N)c(=O)[nH]1. The number of benzene rings is 1. The molecule has 1 aliphatic rings. The third kappa shape index (κ3) is 3.78. The van der Waals surface area contributed by atoms with E-state index in [9.17, 15) is 14.4 Å². The van der Waals surface area contributed by atoms with Crippen molar-refractivity contribution < 1.29 is 4.39 Å². The maximum Gasteiger partial charge on any atom is 0.266 e. The van der Waals surface area contributed by atoms with Crippen LogP contribution in [0.4, 0.5) is 4.39 Å². The maximum absolute atomic E-state index is 14.6. The average Bonchev–Trinajstić information content (AvgIpc) is 2.58. The molecule has 6 heteroatoms. The van der Waals surface area contributed by atoms with E-state index < -0.39 is 5.56 Å². The summed E-state index contributed by atoms with van der Waals surface area (Å²) in [4.78, 5) is 19.0. The predicted molar refractivity (Wildman–Crippen MR) is 94.7 cm³/mol. The Morgan fingerprint density at radius 3 is 2.60 bits per heavy atom. The van der Waals surface area contributed by atoms with Crippen molar-refractivity contribution >= 4 is 0 Å². The fourth-order valence-corrected chi connectivity index (χ4v) is 3.12. The highest BCUT2D eigenvalue weighted by molar-refractivity contribution is 5.70. The summed E-state index contributed by atoms with van der Waals surface area (Å²) in [5, 5.41) is 9.24. The summed E-state index contributed by atoms with van der Waals surface area (Å²) in [5.41, 5.74) is 1.85. The van der Waals surface area contributed by atoms with Gasteiger partial charge in [-0.2, -0.15) is 5.26 Å². The van der Waals surface area contributed by atoms with E-state index in [2.05, 4.69) is 21.8 Å². The van der Waals surface area contributed by atoms with Crippen molar-refractivity contribution in [3.8, 4) is 17.2 Å². The molecule has 0 atom stereocenters. The molecule has 1 aromatic carbocycles. The van der Waals surface area contributed by atoms with Crippen molar-refractivity contribution in [2.24, 2.45) is 0 Å². The van der Waals surface area contributed by atoms with Gasteiger partial charge in [-0.3, -0.25) is 9.69 Å². The first-order valence-corrected chi connectivity index (χ1v) is 8.31. The van der Waals surface area contributed by atoms with Crippen molar-refractivity contribution in [1.29, 1.82) is 5.26 Å². The Balaban J connectivity index is 1.88. The van der Waals surface area contributed by atoms with Crippen LogP contribution in [0.2, 0.25) is 0 Å². The molecule has 0 bridgehead atoms. The van der Waals surface area contributed by atoms with Gasteiger partial charge in [-0.15, -0.1) is 0 Å². The third-order valence-corrected chi connectivity index (χ3v) is 4.63. The molecule has 2 heterocycles. The topological polar surface area (TPSA) is 63.1 Å². The number of piperazine rings is 1. The molecule has 1 N–H and O–H groups in total. The number of nitriles is 1. The molecule has 5 nitrogen and oxygen atoms in total. The molecule has 1 aromatic heterocycles. The molecule has 1 saturated heterocycles. The standard InChI is InChI=1S/C19H21FN4O/c1-13-9-16(17(11-21)19(25)22-13)14-3-4-15(18(20)10-14)12-24-7-5-23(2)6-8-24/h3-4,9-10H,5-8,12H2,1-2H3,(H,22,25). The van der Waals surface area contributed by atoms with Gasteiger partial charge in [0.2, 0.25) is 0 Å². The van der Waals surface area contributed by atoms with Gasteiger partial charge < -0.3 is 9.88 Å². The lowest BCUT2D eigenvalue weighted by atomic mass is 9.99. The highest BCUT2D eigenvalue weighted by Crippen LogP contribution is 2.25. The van der Waals surface area contributed by atoms with Crippen molar-refractivity contribution in [2.45, 2.75) is 13.5 Å². The smallest absolute Gasteiger partial charge is 0.266 e. The van der Waals surface area contributed by atoms with E-state index >= 15 is 0 Å². The summed E-state index contributed by atoms with van der Waals surface area (Å²) in [6.07, 6.45) is 0. The Morgan fingerprint density at radius 1 is 1.24 bits per heavy atom. The number of aromatic nitrogens is 1. The Labute approximate surface area is 146 Å². The van der Waals surface area contributed by atoms with Gasteiger partial charge in [0.05, 0.1) is 0 Å². The van der Waals surface area contributed by atoms with Gasteiger partial charge in [0, 0.05) is 49.5 Å². The zero-order valence-corrected chi connectivity index (χ0v) is 14.5. The number of likely N-dealkylation sites (N-methyl/N-ethyl adjacent to an activating group) is 1. The van der Waals surface area contributed by atoms with Crippen molar-refractivity contribution in [1.82, 2.24) is 14.8 Å². The summed E-state index contributed by atoms with van der Waals surface area (Å²) in [6.45, 7) is 6.12. The molecular formula is C19H21FN4O. The zero-order valence-electron chi connectivity index (χ0n) is 14.5. The van der Waals surface area contributed by atoms with Gasteiger partial charge in [0.15, 0.2) is 0 Å². The number of aryl methyl sites for hydroxylation is 1. The minimum atomic E-state index is -0.445. The minimum Gasteiger partial charge on any atom is -0.325 e. The number of aromatic amines is 1. The number of hydrogen-bond donors (Lipinski definition) is 1. The van der Waals surface area contributed by atoms with E-state index in [4.69, 9.17) is 0 Å². The fraction of sp³-hybridized carbons (Fsp3) is 0.368. The third-order valence-electron chi connectivity index (χ3n) is 4.63. The highest BCUT2D eigenvalue weighted by atomic mass is 19.1. The molecule has 0 aliphatic carbocycles. The second-order valence-corrected chi connectivity index (χ2v) is 6.57. The second kappa shape index (κ2) is 7.18. The molecule has 0 saturated carbocycles. The molecule has 0 spiro atoms. The molecule has 0 unspecified atom stereocenters. The first-order valence-electron chi connectivity index (χ1n) is 8.31. The highest BCUT2D eigenvalue weighted by Gasteiger charge is 2.17. The molecular weight excluding hydrogens is 319 g/mol. The van der Waals surface area contributed by atoms with Crippen LogP contribution < -0.4 is 5.56 Å². The number of pyridine rings is 1. The van der Waals surface area contributed by atoms with Crippen molar-refractivity contribution in [3.05, 3.63) is 57.3 Å². The van der Waals surface area contributed by atoms with Gasteiger partial charge in [-0.05, 0) is 31.7 Å². The maximum atomic E-state index is 14.6. The molecule has 130 valence electrons. The average molecular weight is 340 g/mol. The van der Waals surface area contributed by atoms with Crippen LogP contribution in [0, 0.1) is 24.1 Å². The zero-order chi connectivity index (χ0) is 18.0. The predicted octanol–water partition coefficient (Wildman–Crippen LogP) is 2.11. The van der Waals surface area contributed by atoms with E-state index in [1.165, 1.54) is 6.07 Å². The van der Waals surface area contributed by atoms with Crippen LogP contribution in [-0.2, 0) is 6.54 Å². The van der Waals surface area contributed by atoms with Gasteiger partial charge in [-0.25, -0.2) is 4.39 Å². The number of halogens is 1. The Kier molecular flexibility index (Phi) is 4.98. The number of H-pyrrole nitrogens is 1. The Bertz CT molecular complexity index is 876. The lowest BCUT2D eigenvalue weighted by Gasteiger charge is -2.32. The molecule has 1 aliphatic heterocycles. The molecule has 1 fully saturated rings. The molecule has 2 aromatic rings. The van der Waals surface area contributed by atoms with Crippen LogP contribution in [0.15, 0.2) is 29.1 Å². The molecule has 0 radical (unpaired) electrons. The van der Waals surface area contributed by atoms with Gasteiger partial charge in [0.1, 0.15) is 17.4 Å². The Morgan fingerprint density at radius 2 is 1.96 bits per heavy atom. The summed E-state index contributed by atoms with van der Waals surface area (Å²) in [7, 11) is 2.09. The van der Waals surface area contributed by atoms with Crippen LogP contribution >= 0.6 is 0 Å². The largest absolute Gasteiger partial charge is 0.325 e. The van der Waals surface area contributed by atoms with Crippen LogP contribution in [0.1, 0.15) is 16.8 Å². The quantitative estimate of drug-likeness (QED) is 0.929. The van der Waals surface area contributed by atoms with Crippen molar-refractivity contribution in [2.75, 3.05) is 33.2 Å². The Hall–Kier alpha value is -2.49. The molecule has 25 heavy (non-hydrogen) atoms. The first-order chi connectivity index (χ1) is 12.0. The van der Waals surface area contributed by atoms with Crippen LogP contribution in [-0.4, -0.2) is 48.0 Å². The second-order valence-electron chi connectivity index (χ2n) is 6.57. The molecule has 3 rings (SSSR count). The summed E-state index contributed by atoms with van der Waals surface area (Å²) < 4.78 is 14.6. The molecule has 0 amide bonds. The van der Waals surface area contributed by atoms with Crippen molar-refractivity contribution in [3.63, 3.8) is 0 Å². The van der Waals surface area contributed by atoms with Crippen LogP contribution in [0.25, 0.3) is 11.1 Å². The summed E-state index contributed by atoms with van der Waals surface area (Å²) in [5.74, 6) is -0.307. The number of nitrogens with one attached hydrogen (secondary N) is 1. The summed E-state index contributed by atoms with van der Waals surface area (Å²) in [6, 6.07) is 8.57. The lowest BCUT2D eigenvalue weighted by molar-refractivity contribution is 0.147. The van der Waals surface area contributed by atoms with Crippen LogP contribution in [0.3, 0.4) is 0 Å². The van der Waals surface area contributed by atoms with E-state index in [0.717, 1.165) is 26.2 Å². The van der Waals surface area contributed by atoms with Gasteiger partial charge >= 0.3 is 0 Å². The minimum absolute atomic E-state index is 0.0109. The first kappa shape index (κ1) is 17.3. The van der Waals surface area contributed by atoms with E-state index in [-0.39, 0.29) is 11.4 Å². The number of hydrogen-bond acceptors (Lipinski definition) is 4. The number of rotatable bonds is 3. The van der Waals surface area contributed by atoms with Gasteiger partial charge in [0.25, 0.3) is 5.56 Å². The van der Waals surface area contributed by atoms with Gasteiger partial charge in [-0.1, -0.05) is 12.1 Å². The van der Waals surface area contributed by atoms with Crippen LogP contribution in [0.5, 0.6) is 0 Å². The lowest BCUT2D eigenvalue weighted by Crippen LogP contribution is -2.44. The van der Waals surface area contributed by atoms with E-state index in [1.54, 1.807) is 25.1 Å².